The zero-order valence-corrected chi connectivity index (χ0v) is 17.2. The number of aromatic nitrogens is 2. The van der Waals surface area contributed by atoms with Crippen molar-refractivity contribution in [3.8, 4) is 11.3 Å². The quantitative estimate of drug-likeness (QED) is 0.336. The fourth-order valence-corrected chi connectivity index (χ4v) is 3.03. The van der Waals surface area contributed by atoms with Gasteiger partial charge in [0.25, 0.3) is 0 Å². The molecule has 3 aromatic rings. The van der Waals surface area contributed by atoms with E-state index in [1.807, 2.05) is 0 Å². The number of hydrogen-bond donors (Lipinski definition) is 1. The second-order valence-corrected chi connectivity index (χ2v) is 7.07. The van der Waals surface area contributed by atoms with Crippen LogP contribution in [-0.2, 0) is 15.7 Å². The third kappa shape index (κ3) is 6.35. The lowest BCUT2D eigenvalue weighted by molar-refractivity contribution is -0.204. The zero-order valence-electron chi connectivity index (χ0n) is 16.4. The van der Waals surface area contributed by atoms with Crippen LogP contribution in [0.3, 0.4) is 0 Å². The molecule has 0 amide bonds. The van der Waals surface area contributed by atoms with Crippen LogP contribution in [0.5, 0.6) is 0 Å². The third-order valence-electron chi connectivity index (χ3n) is 4.36. The van der Waals surface area contributed by atoms with E-state index in [1.54, 1.807) is 18.2 Å². The lowest BCUT2D eigenvalue weighted by Crippen LogP contribution is -2.29. The number of esters is 1. The molecule has 0 bridgehead atoms. The maximum Gasteiger partial charge on any atom is 0.490 e. The van der Waals surface area contributed by atoms with Crippen LogP contribution in [-0.4, -0.2) is 28.7 Å². The molecule has 0 aliphatic rings. The number of hydrogen-bond acceptors (Lipinski definition) is 5. The Hall–Kier alpha value is -3.34. The molecule has 1 atom stereocenters. The maximum absolute atomic E-state index is 13.1. The summed E-state index contributed by atoms with van der Waals surface area (Å²) in [7, 11) is 0. The molecule has 2 aromatic carbocycles. The van der Waals surface area contributed by atoms with E-state index in [2.05, 4.69) is 20.0 Å². The normalized spacial score (nSPS) is 12.8. The highest BCUT2D eigenvalue weighted by Gasteiger charge is 2.42. The van der Waals surface area contributed by atoms with Crippen LogP contribution in [0.1, 0.15) is 17.2 Å². The van der Waals surface area contributed by atoms with Gasteiger partial charge in [0.1, 0.15) is 18.2 Å². The number of nitrogens with one attached hydrogen (secondary N) is 1. The van der Waals surface area contributed by atoms with Crippen LogP contribution < -0.4 is 5.32 Å². The molecule has 0 saturated carbocycles. The number of carbonyl (C=O) groups is 1. The molecule has 0 unspecified atom stereocenters. The zero-order chi connectivity index (χ0) is 24.2. The second-order valence-electron chi connectivity index (χ2n) is 6.66. The first-order valence-electron chi connectivity index (χ1n) is 9.21. The summed E-state index contributed by atoms with van der Waals surface area (Å²) in [5.41, 5.74) is -0.541. The third-order valence-corrected chi connectivity index (χ3v) is 4.68. The summed E-state index contributed by atoms with van der Waals surface area (Å²) in [4.78, 5) is 19.2. The van der Waals surface area contributed by atoms with Gasteiger partial charge in [0.15, 0.2) is 0 Å². The van der Waals surface area contributed by atoms with E-state index in [4.69, 9.17) is 11.6 Å². The highest BCUT2D eigenvalue weighted by molar-refractivity contribution is 6.31. The van der Waals surface area contributed by atoms with E-state index in [9.17, 15) is 31.1 Å². The molecule has 3 rings (SSSR count). The van der Waals surface area contributed by atoms with E-state index in [-0.39, 0.29) is 23.6 Å². The minimum absolute atomic E-state index is 0.0903. The molecular formula is C21H14ClF6N3O2. The average Bonchev–Trinajstić information content (AvgIpc) is 2.76. The Balaban J connectivity index is 1.82. The topological polar surface area (TPSA) is 64.1 Å². The van der Waals surface area contributed by atoms with Gasteiger partial charge in [-0.15, -0.1) is 0 Å². The summed E-state index contributed by atoms with van der Waals surface area (Å²) < 4.78 is 82.0. The van der Waals surface area contributed by atoms with Crippen molar-refractivity contribution in [3.63, 3.8) is 0 Å². The Kier molecular flexibility index (Phi) is 7.11. The number of benzene rings is 2. The van der Waals surface area contributed by atoms with Crippen molar-refractivity contribution in [2.75, 3.05) is 11.9 Å². The second kappa shape index (κ2) is 9.65. The summed E-state index contributed by atoms with van der Waals surface area (Å²) >= 11 is 5.63. The molecular weight excluding hydrogens is 476 g/mol. The average molecular weight is 490 g/mol. The van der Waals surface area contributed by atoms with E-state index in [0.29, 0.717) is 5.56 Å². The van der Waals surface area contributed by atoms with Gasteiger partial charge in [0, 0.05) is 11.6 Å². The fourth-order valence-electron chi connectivity index (χ4n) is 2.80. The predicted octanol–water partition coefficient (Wildman–Crippen LogP) is 6.07. The molecule has 0 saturated heterocycles. The molecule has 0 radical (unpaired) electrons. The molecule has 5 nitrogen and oxygen atoms in total. The lowest BCUT2D eigenvalue weighted by Gasteiger charge is -2.20. The standard InChI is InChI=1S/C21H14ClF6N3O2/c22-15-7-6-13(8-14(15)20(23,24)25)16-9-18(31-11-30-16)29-10-17(12-4-2-1-3-5-12)33-19(32)21(26,27)28/h1-9,11,17H,10H2,(H,29,30,31)/t17-/m0/s1. The van der Waals surface area contributed by atoms with Crippen molar-refractivity contribution >= 4 is 23.4 Å². The Labute approximate surface area is 188 Å². The summed E-state index contributed by atoms with van der Waals surface area (Å²) in [6, 6.07) is 12.3. The fraction of sp³-hybridized carbons (Fsp3) is 0.190. The van der Waals surface area contributed by atoms with Gasteiger partial charge in [-0.1, -0.05) is 48.0 Å². The maximum atomic E-state index is 13.1. The monoisotopic (exact) mass is 489 g/mol. The number of ether oxygens (including phenoxy) is 1. The van der Waals surface area contributed by atoms with Gasteiger partial charge < -0.3 is 10.1 Å². The van der Waals surface area contributed by atoms with Crippen LogP contribution in [0.15, 0.2) is 60.9 Å². The van der Waals surface area contributed by atoms with Gasteiger partial charge in [0.2, 0.25) is 0 Å². The molecule has 12 heteroatoms. The summed E-state index contributed by atoms with van der Waals surface area (Å²) in [5.74, 6) is -2.27. The van der Waals surface area contributed by atoms with Crippen molar-refractivity contribution in [1.29, 1.82) is 0 Å². The number of rotatable bonds is 6. The van der Waals surface area contributed by atoms with Gasteiger partial charge in [-0.2, -0.15) is 26.3 Å². The summed E-state index contributed by atoms with van der Waals surface area (Å²) in [6.07, 6.45) is -10.1. The van der Waals surface area contributed by atoms with E-state index in [1.165, 1.54) is 24.3 Å². The summed E-state index contributed by atoms with van der Waals surface area (Å²) in [6.45, 7) is -0.295. The molecule has 174 valence electrons. The molecule has 0 aliphatic carbocycles. The highest BCUT2D eigenvalue weighted by atomic mass is 35.5. The van der Waals surface area contributed by atoms with E-state index >= 15 is 0 Å². The van der Waals surface area contributed by atoms with Crippen molar-refractivity contribution in [2.24, 2.45) is 0 Å². The Morgan fingerprint density at radius 1 is 1.00 bits per heavy atom. The molecule has 0 spiro atoms. The smallest absolute Gasteiger partial charge is 0.449 e. The van der Waals surface area contributed by atoms with Crippen LogP contribution in [0, 0.1) is 0 Å². The molecule has 1 aromatic heterocycles. The number of anilines is 1. The minimum atomic E-state index is -5.18. The van der Waals surface area contributed by atoms with Crippen molar-refractivity contribution in [3.05, 3.63) is 77.1 Å². The number of nitrogens with zero attached hydrogens (tertiary/aromatic N) is 2. The lowest BCUT2D eigenvalue weighted by atomic mass is 10.1. The Bertz CT molecular complexity index is 1120. The van der Waals surface area contributed by atoms with Crippen LogP contribution in [0.25, 0.3) is 11.3 Å². The van der Waals surface area contributed by atoms with Crippen molar-refractivity contribution in [2.45, 2.75) is 18.5 Å². The number of alkyl halides is 6. The van der Waals surface area contributed by atoms with Gasteiger partial charge in [0.05, 0.1) is 22.8 Å². The summed E-state index contributed by atoms with van der Waals surface area (Å²) in [5, 5.41) is 2.25. The first kappa shape index (κ1) is 24.3. The van der Waals surface area contributed by atoms with Crippen LogP contribution in [0.2, 0.25) is 5.02 Å². The Morgan fingerprint density at radius 3 is 2.33 bits per heavy atom. The molecule has 1 N–H and O–H groups in total. The van der Waals surface area contributed by atoms with E-state index < -0.39 is 35.0 Å². The largest absolute Gasteiger partial charge is 0.490 e. The Morgan fingerprint density at radius 2 is 1.70 bits per heavy atom. The molecule has 0 fully saturated rings. The van der Waals surface area contributed by atoms with Gasteiger partial charge in [-0.3, -0.25) is 0 Å². The van der Waals surface area contributed by atoms with Gasteiger partial charge in [-0.25, -0.2) is 14.8 Å². The van der Waals surface area contributed by atoms with Crippen LogP contribution in [0.4, 0.5) is 32.2 Å². The molecule has 0 aliphatic heterocycles. The number of halogens is 7. The first-order valence-corrected chi connectivity index (χ1v) is 9.58. The van der Waals surface area contributed by atoms with Crippen molar-refractivity contribution in [1.82, 2.24) is 9.97 Å². The molecule has 1 heterocycles. The number of carbonyl (C=O) groups excluding carboxylic acids is 1. The predicted molar refractivity (Wildman–Crippen MR) is 107 cm³/mol. The SMILES string of the molecule is O=C(O[C@@H](CNc1cc(-c2ccc(Cl)c(C(F)(F)F)c2)ncn1)c1ccccc1)C(F)(F)F. The molecule has 33 heavy (non-hydrogen) atoms. The minimum Gasteiger partial charge on any atom is -0.449 e. The highest BCUT2D eigenvalue weighted by Crippen LogP contribution is 2.37. The van der Waals surface area contributed by atoms with Crippen LogP contribution >= 0.6 is 11.6 Å². The van der Waals surface area contributed by atoms with Crippen molar-refractivity contribution < 1.29 is 35.9 Å². The van der Waals surface area contributed by atoms with Gasteiger partial charge >= 0.3 is 18.3 Å². The first-order chi connectivity index (χ1) is 15.4. The van der Waals surface area contributed by atoms with E-state index in [0.717, 1.165) is 18.5 Å². The van der Waals surface area contributed by atoms with Gasteiger partial charge in [-0.05, 0) is 17.7 Å².